The molecule has 0 aromatic heterocycles. The van der Waals surface area contributed by atoms with Gasteiger partial charge in [-0.25, -0.2) is 13.6 Å². The SMILES string of the molecule is CCNC(=O)N1CCc2ccc(NCc3ccc(F)c(O)c3F)cc21. The molecule has 0 aliphatic carbocycles. The molecule has 7 heteroatoms. The molecule has 0 atom stereocenters. The van der Waals surface area contributed by atoms with E-state index >= 15 is 0 Å². The van der Waals surface area contributed by atoms with Gasteiger partial charge in [0.05, 0.1) is 5.69 Å². The Bertz CT molecular complexity index is 811. The zero-order valence-electron chi connectivity index (χ0n) is 13.8. The quantitative estimate of drug-likeness (QED) is 0.794. The largest absolute Gasteiger partial charge is 0.503 e. The fraction of sp³-hybridized carbons (Fsp3) is 0.278. The van der Waals surface area contributed by atoms with Crippen molar-refractivity contribution in [2.45, 2.75) is 19.9 Å². The molecule has 5 nitrogen and oxygen atoms in total. The van der Waals surface area contributed by atoms with Crippen molar-refractivity contribution in [3.05, 3.63) is 53.1 Å². The van der Waals surface area contributed by atoms with E-state index in [1.54, 1.807) is 4.90 Å². The number of phenolic OH excluding ortho intramolecular Hbond substituents is 1. The van der Waals surface area contributed by atoms with E-state index in [0.717, 1.165) is 23.7 Å². The highest BCUT2D eigenvalue weighted by Gasteiger charge is 2.24. The minimum atomic E-state index is -0.989. The molecule has 0 radical (unpaired) electrons. The Labute approximate surface area is 144 Å². The predicted molar refractivity (Wildman–Crippen MR) is 91.9 cm³/mol. The van der Waals surface area contributed by atoms with Crippen molar-refractivity contribution < 1.29 is 18.7 Å². The summed E-state index contributed by atoms with van der Waals surface area (Å²) >= 11 is 0. The third-order valence-corrected chi connectivity index (χ3v) is 4.18. The lowest BCUT2D eigenvalue weighted by atomic mass is 10.1. The number of urea groups is 1. The molecule has 25 heavy (non-hydrogen) atoms. The van der Waals surface area contributed by atoms with Crippen LogP contribution in [0.1, 0.15) is 18.1 Å². The Morgan fingerprint density at radius 3 is 2.84 bits per heavy atom. The van der Waals surface area contributed by atoms with Crippen LogP contribution in [-0.4, -0.2) is 24.2 Å². The molecule has 0 fully saturated rings. The number of carbonyl (C=O) groups excluding carboxylic acids is 1. The van der Waals surface area contributed by atoms with Gasteiger partial charge in [0.25, 0.3) is 0 Å². The molecular weight excluding hydrogens is 328 g/mol. The van der Waals surface area contributed by atoms with Crippen LogP contribution in [0.4, 0.5) is 25.0 Å². The molecule has 0 spiro atoms. The van der Waals surface area contributed by atoms with Gasteiger partial charge in [0.15, 0.2) is 17.4 Å². The fourth-order valence-electron chi connectivity index (χ4n) is 2.86. The minimum Gasteiger partial charge on any atom is -0.503 e. The van der Waals surface area contributed by atoms with E-state index in [4.69, 9.17) is 0 Å². The predicted octanol–water partition coefficient (Wildman–Crippen LogP) is 3.37. The van der Waals surface area contributed by atoms with E-state index in [2.05, 4.69) is 10.6 Å². The summed E-state index contributed by atoms with van der Waals surface area (Å²) in [6.07, 6.45) is 0.785. The maximum atomic E-state index is 13.8. The number of anilines is 2. The number of carbonyl (C=O) groups is 1. The first kappa shape index (κ1) is 17.0. The second kappa shape index (κ2) is 6.96. The fourth-order valence-corrected chi connectivity index (χ4v) is 2.86. The molecule has 0 unspecified atom stereocenters. The van der Waals surface area contributed by atoms with Gasteiger partial charge >= 0.3 is 6.03 Å². The molecule has 0 bridgehead atoms. The van der Waals surface area contributed by atoms with Crippen LogP contribution in [0.15, 0.2) is 30.3 Å². The minimum absolute atomic E-state index is 0.0830. The van der Waals surface area contributed by atoms with Gasteiger partial charge in [0.1, 0.15) is 0 Å². The average Bonchev–Trinajstić information content (AvgIpc) is 3.02. The number of hydrogen-bond donors (Lipinski definition) is 3. The summed E-state index contributed by atoms with van der Waals surface area (Å²) in [5.41, 5.74) is 2.75. The second-order valence-corrected chi connectivity index (χ2v) is 5.80. The number of benzene rings is 2. The number of amides is 2. The molecule has 2 aromatic carbocycles. The maximum absolute atomic E-state index is 13.8. The van der Waals surface area contributed by atoms with Crippen LogP contribution in [0.3, 0.4) is 0 Å². The van der Waals surface area contributed by atoms with Crippen LogP contribution in [-0.2, 0) is 13.0 Å². The highest BCUT2D eigenvalue weighted by atomic mass is 19.1. The van der Waals surface area contributed by atoms with E-state index in [1.165, 1.54) is 6.07 Å². The normalized spacial score (nSPS) is 12.8. The van der Waals surface area contributed by atoms with E-state index in [0.29, 0.717) is 18.8 Å². The van der Waals surface area contributed by atoms with Gasteiger partial charge in [-0.2, -0.15) is 0 Å². The van der Waals surface area contributed by atoms with E-state index in [-0.39, 0.29) is 18.1 Å². The van der Waals surface area contributed by atoms with Gasteiger partial charge in [-0.3, -0.25) is 4.90 Å². The number of nitrogens with one attached hydrogen (secondary N) is 2. The zero-order chi connectivity index (χ0) is 18.0. The molecule has 3 N–H and O–H groups in total. The van der Waals surface area contributed by atoms with Crippen molar-refractivity contribution in [1.82, 2.24) is 5.32 Å². The first-order chi connectivity index (χ1) is 12.0. The van der Waals surface area contributed by atoms with Crippen LogP contribution in [0.25, 0.3) is 0 Å². The summed E-state index contributed by atoms with van der Waals surface area (Å²) in [6.45, 7) is 3.11. The lowest BCUT2D eigenvalue weighted by Crippen LogP contribution is -2.38. The number of halogens is 2. The van der Waals surface area contributed by atoms with E-state index < -0.39 is 17.4 Å². The smallest absolute Gasteiger partial charge is 0.321 e. The van der Waals surface area contributed by atoms with Gasteiger partial charge in [-0.15, -0.1) is 0 Å². The lowest BCUT2D eigenvalue weighted by Gasteiger charge is -2.18. The second-order valence-electron chi connectivity index (χ2n) is 5.80. The third-order valence-electron chi connectivity index (χ3n) is 4.18. The first-order valence-corrected chi connectivity index (χ1v) is 8.09. The molecule has 0 saturated carbocycles. The number of rotatable bonds is 4. The maximum Gasteiger partial charge on any atom is 0.321 e. The molecular formula is C18H19F2N3O2. The number of aromatic hydroxyl groups is 1. The topological polar surface area (TPSA) is 64.6 Å². The summed E-state index contributed by atoms with van der Waals surface area (Å²) in [4.78, 5) is 13.8. The molecule has 0 saturated heterocycles. The molecule has 132 valence electrons. The van der Waals surface area contributed by atoms with Crippen LogP contribution < -0.4 is 15.5 Å². The number of nitrogens with zero attached hydrogens (tertiary/aromatic N) is 1. The Balaban J connectivity index is 1.76. The Kier molecular flexibility index (Phi) is 4.74. The van der Waals surface area contributed by atoms with Gasteiger partial charge in [-0.05, 0) is 37.1 Å². The van der Waals surface area contributed by atoms with Crippen LogP contribution >= 0.6 is 0 Å². The third kappa shape index (κ3) is 3.35. The Hall–Kier alpha value is -2.83. The van der Waals surface area contributed by atoms with Gasteiger partial charge in [-0.1, -0.05) is 12.1 Å². The Morgan fingerprint density at radius 2 is 2.08 bits per heavy atom. The van der Waals surface area contributed by atoms with E-state index in [1.807, 2.05) is 25.1 Å². The lowest BCUT2D eigenvalue weighted by molar-refractivity contribution is 0.247. The molecule has 2 amide bonds. The Morgan fingerprint density at radius 1 is 1.28 bits per heavy atom. The van der Waals surface area contributed by atoms with Crippen LogP contribution in [0.2, 0.25) is 0 Å². The standard InChI is InChI=1S/C18H19F2N3O2/c1-2-21-18(25)23-8-7-11-3-5-13(9-15(11)23)22-10-12-4-6-14(19)17(24)16(12)20/h3-6,9,22,24H,2,7-8,10H2,1H3,(H,21,25). The van der Waals surface area contributed by atoms with Crippen molar-refractivity contribution in [3.63, 3.8) is 0 Å². The van der Waals surface area contributed by atoms with Crippen molar-refractivity contribution in [2.75, 3.05) is 23.3 Å². The molecule has 1 aliphatic rings. The van der Waals surface area contributed by atoms with Crippen LogP contribution in [0, 0.1) is 11.6 Å². The summed E-state index contributed by atoms with van der Waals surface area (Å²) < 4.78 is 26.9. The molecule has 1 heterocycles. The van der Waals surface area contributed by atoms with Crippen LogP contribution in [0.5, 0.6) is 5.75 Å². The monoisotopic (exact) mass is 347 g/mol. The molecule has 2 aromatic rings. The number of fused-ring (bicyclic) bond motifs is 1. The summed E-state index contributed by atoms with van der Waals surface area (Å²) in [7, 11) is 0. The number of hydrogen-bond acceptors (Lipinski definition) is 3. The van der Waals surface area contributed by atoms with Crippen molar-refractivity contribution in [1.29, 1.82) is 0 Å². The summed E-state index contributed by atoms with van der Waals surface area (Å²) in [6, 6.07) is 7.77. The highest BCUT2D eigenvalue weighted by molar-refractivity contribution is 5.94. The highest BCUT2D eigenvalue weighted by Crippen LogP contribution is 2.31. The van der Waals surface area contributed by atoms with Gasteiger partial charge < -0.3 is 15.7 Å². The van der Waals surface area contributed by atoms with Crippen molar-refractivity contribution >= 4 is 17.4 Å². The summed E-state index contributed by atoms with van der Waals surface area (Å²) in [5, 5.41) is 15.1. The van der Waals surface area contributed by atoms with E-state index in [9.17, 15) is 18.7 Å². The van der Waals surface area contributed by atoms with Crippen molar-refractivity contribution in [2.24, 2.45) is 0 Å². The number of phenols is 1. The zero-order valence-corrected chi connectivity index (χ0v) is 13.8. The average molecular weight is 347 g/mol. The molecule has 3 rings (SSSR count). The first-order valence-electron chi connectivity index (χ1n) is 8.09. The van der Waals surface area contributed by atoms with Gasteiger partial charge in [0, 0.05) is 30.9 Å². The molecule has 1 aliphatic heterocycles. The van der Waals surface area contributed by atoms with Gasteiger partial charge in [0.2, 0.25) is 0 Å². The summed E-state index contributed by atoms with van der Waals surface area (Å²) in [5.74, 6) is -2.94. The van der Waals surface area contributed by atoms with Crippen molar-refractivity contribution in [3.8, 4) is 5.75 Å².